The van der Waals surface area contributed by atoms with Crippen molar-refractivity contribution < 1.29 is 57.4 Å². The number of hydrogen-bond acceptors (Lipinski definition) is 12. The van der Waals surface area contributed by atoms with Gasteiger partial charge in [-0.05, 0) is 95.9 Å². The van der Waals surface area contributed by atoms with Crippen molar-refractivity contribution in [3.05, 3.63) is 0 Å². The SMILES string of the molecule is CC(C)(C)OC(=O)ON(C(=O)CCCCCCC(=O)N(OC(=O)OC(C)(C)C)C(=O)OC(C)(C)C)C(=O)OC(C)(C)C. The van der Waals surface area contributed by atoms with Crippen molar-refractivity contribution in [3.8, 4) is 0 Å². The molecular weight excluding hydrogens is 556 g/mol. The number of imide groups is 2. The molecule has 0 atom stereocenters. The molecule has 0 saturated carbocycles. The first-order valence-corrected chi connectivity index (χ1v) is 13.7. The molecule has 0 aromatic rings. The van der Waals surface area contributed by atoms with Crippen LogP contribution in [0.1, 0.15) is 122 Å². The molecule has 242 valence electrons. The highest BCUT2D eigenvalue weighted by atomic mass is 16.9. The molecule has 0 aliphatic rings. The maximum Gasteiger partial charge on any atom is 0.534 e. The number of ether oxygens (including phenoxy) is 4. The van der Waals surface area contributed by atoms with Crippen molar-refractivity contribution in [2.24, 2.45) is 0 Å². The zero-order valence-electron chi connectivity index (χ0n) is 27.0. The predicted molar refractivity (Wildman–Crippen MR) is 148 cm³/mol. The molecule has 42 heavy (non-hydrogen) atoms. The molecule has 0 unspecified atom stereocenters. The van der Waals surface area contributed by atoms with Crippen LogP contribution in [0.5, 0.6) is 0 Å². The molecule has 0 bridgehead atoms. The Balaban J connectivity index is 5.08. The summed E-state index contributed by atoms with van der Waals surface area (Å²) in [5, 5.41) is 0.463. The Hall–Kier alpha value is -3.58. The largest absolute Gasteiger partial charge is 0.534 e. The van der Waals surface area contributed by atoms with E-state index in [1.54, 1.807) is 83.1 Å². The van der Waals surface area contributed by atoms with Gasteiger partial charge in [-0.3, -0.25) is 19.3 Å². The smallest absolute Gasteiger partial charge is 0.441 e. The molecule has 0 radical (unpaired) electrons. The number of hydrogen-bond donors (Lipinski definition) is 0. The number of carbonyl (C=O) groups excluding carboxylic acids is 6. The molecule has 0 aliphatic heterocycles. The normalized spacial score (nSPS) is 12.0. The van der Waals surface area contributed by atoms with Crippen LogP contribution in [0.15, 0.2) is 0 Å². The van der Waals surface area contributed by atoms with Crippen molar-refractivity contribution in [2.45, 2.75) is 144 Å². The lowest BCUT2D eigenvalue weighted by Gasteiger charge is -2.26. The number of nitrogens with zero attached hydrogens (tertiary/aromatic N) is 2. The van der Waals surface area contributed by atoms with Crippen molar-refractivity contribution >= 4 is 36.3 Å². The van der Waals surface area contributed by atoms with Gasteiger partial charge in [0.1, 0.15) is 22.4 Å². The molecular formula is C28H48N2O12. The van der Waals surface area contributed by atoms with Gasteiger partial charge in [0.05, 0.1) is 0 Å². The first kappa shape index (κ1) is 38.4. The van der Waals surface area contributed by atoms with E-state index in [1.807, 2.05) is 0 Å². The van der Waals surface area contributed by atoms with E-state index in [1.165, 1.54) is 0 Å². The Kier molecular flexibility index (Phi) is 14.3. The summed E-state index contributed by atoms with van der Waals surface area (Å²) in [5.74, 6) is -1.65. The molecule has 14 nitrogen and oxygen atoms in total. The summed E-state index contributed by atoms with van der Waals surface area (Å²) < 4.78 is 20.4. The third kappa shape index (κ3) is 18.7. The molecule has 4 amide bonds. The van der Waals surface area contributed by atoms with Gasteiger partial charge in [-0.2, -0.15) is 0 Å². The van der Waals surface area contributed by atoms with Crippen molar-refractivity contribution in [1.29, 1.82) is 0 Å². The van der Waals surface area contributed by atoms with E-state index in [-0.39, 0.29) is 35.8 Å². The Morgan fingerprint density at radius 2 is 0.690 bits per heavy atom. The van der Waals surface area contributed by atoms with Crippen LogP contribution in [-0.2, 0) is 38.2 Å². The topological polar surface area (TPSA) is 164 Å². The number of carbonyl (C=O) groups is 6. The second-order valence-corrected chi connectivity index (χ2v) is 13.4. The maximum absolute atomic E-state index is 12.7. The van der Waals surface area contributed by atoms with E-state index >= 15 is 0 Å². The number of hydroxylamine groups is 4. The van der Waals surface area contributed by atoms with Crippen molar-refractivity contribution in [2.75, 3.05) is 0 Å². The predicted octanol–water partition coefficient (Wildman–Crippen LogP) is 6.59. The van der Waals surface area contributed by atoms with Gasteiger partial charge in [-0.25, -0.2) is 19.2 Å². The standard InChI is InChI=1S/C28H48N2O12/c1-25(2,3)37-21(33)29(41-23(35)39-27(7,8)9)19(31)17-15-13-14-16-18-20(32)30(22(34)38-26(4,5)6)42-24(36)40-28(10,11)12/h13-18H2,1-12H3. The van der Waals surface area contributed by atoms with E-state index in [0.29, 0.717) is 12.8 Å². The highest BCUT2D eigenvalue weighted by molar-refractivity contribution is 5.92. The van der Waals surface area contributed by atoms with Crippen LogP contribution in [-0.4, -0.2) is 68.8 Å². The summed E-state index contributed by atoms with van der Waals surface area (Å²) in [5.41, 5.74) is -3.76. The summed E-state index contributed by atoms with van der Waals surface area (Å²) in [6, 6.07) is 0. The van der Waals surface area contributed by atoms with E-state index in [4.69, 9.17) is 28.6 Å². The second kappa shape index (κ2) is 15.6. The van der Waals surface area contributed by atoms with E-state index < -0.39 is 58.7 Å². The minimum Gasteiger partial charge on any atom is -0.441 e. The Labute approximate surface area is 248 Å². The molecule has 14 heteroatoms. The van der Waals surface area contributed by atoms with Crippen LogP contribution in [0.25, 0.3) is 0 Å². The molecule has 0 N–H and O–H groups in total. The van der Waals surface area contributed by atoms with E-state index in [9.17, 15) is 28.8 Å². The quantitative estimate of drug-likeness (QED) is 0.133. The minimum atomic E-state index is -1.25. The molecule has 0 saturated heterocycles. The Bertz CT molecular complexity index is 887. The molecule has 0 rings (SSSR count). The average Bonchev–Trinajstić information content (AvgIpc) is 2.72. The lowest BCUT2D eigenvalue weighted by Crippen LogP contribution is -2.43. The average molecular weight is 605 g/mol. The summed E-state index contributed by atoms with van der Waals surface area (Å²) in [7, 11) is 0. The fourth-order valence-electron chi connectivity index (χ4n) is 2.78. The number of amides is 4. The lowest BCUT2D eigenvalue weighted by molar-refractivity contribution is -0.171. The van der Waals surface area contributed by atoms with Gasteiger partial charge in [0.2, 0.25) is 0 Å². The zero-order chi connectivity index (χ0) is 33.1. The first-order valence-electron chi connectivity index (χ1n) is 13.7. The summed E-state index contributed by atoms with van der Waals surface area (Å²) in [6.07, 6.45) is -3.77. The molecule has 0 aromatic carbocycles. The van der Waals surface area contributed by atoms with Gasteiger partial charge in [0.25, 0.3) is 11.8 Å². The monoisotopic (exact) mass is 604 g/mol. The van der Waals surface area contributed by atoms with Crippen LogP contribution in [0, 0.1) is 0 Å². The summed E-state index contributed by atoms with van der Waals surface area (Å²) in [6.45, 7) is 19.1. The van der Waals surface area contributed by atoms with Crippen LogP contribution in [0.2, 0.25) is 0 Å². The van der Waals surface area contributed by atoms with Gasteiger partial charge in [-0.1, -0.05) is 23.0 Å². The Morgan fingerprint density at radius 1 is 0.429 bits per heavy atom. The molecule has 0 fully saturated rings. The van der Waals surface area contributed by atoms with Gasteiger partial charge < -0.3 is 18.9 Å². The second-order valence-electron chi connectivity index (χ2n) is 13.4. The van der Waals surface area contributed by atoms with Crippen LogP contribution in [0.3, 0.4) is 0 Å². The molecule has 0 heterocycles. The highest BCUT2D eigenvalue weighted by Crippen LogP contribution is 2.18. The molecule has 0 aliphatic carbocycles. The van der Waals surface area contributed by atoms with Crippen LogP contribution in [0.4, 0.5) is 19.2 Å². The van der Waals surface area contributed by atoms with Gasteiger partial charge in [-0.15, -0.1) is 0 Å². The Morgan fingerprint density at radius 3 is 0.929 bits per heavy atom. The first-order chi connectivity index (χ1) is 18.8. The number of rotatable bonds is 7. The van der Waals surface area contributed by atoms with Gasteiger partial charge in [0, 0.05) is 12.8 Å². The van der Waals surface area contributed by atoms with Crippen LogP contribution < -0.4 is 0 Å². The fraction of sp³-hybridized carbons (Fsp3) is 0.786. The number of unbranched alkanes of at least 4 members (excludes halogenated alkanes) is 3. The highest BCUT2D eigenvalue weighted by Gasteiger charge is 2.34. The van der Waals surface area contributed by atoms with E-state index in [0.717, 1.165) is 0 Å². The third-order valence-electron chi connectivity index (χ3n) is 4.21. The zero-order valence-corrected chi connectivity index (χ0v) is 27.0. The van der Waals surface area contributed by atoms with Gasteiger partial charge in [0.15, 0.2) is 0 Å². The molecule has 0 spiro atoms. The summed E-state index contributed by atoms with van der Waals surface area (Å²) in [4.78, 5) is 84.3. The summed E-state index contributed by atoms with van der Waals surface area (Å²) >= 11 is 0. The fourth-order valence-corrected chi connectivity index (χ4v) is 2.78. The third-order valence-corrected chi connectivity index (χ3v) is 4.21. The van der Waals surface area contributed by atoms with Crippen molar-refractivity contribution in [1.82, 2.24) is 10.1 Å². The van der Waals surface area contributed by atoms with Crippen molar-refractivity contribution in [3.63, 3.8) is 0 Å². The molecule has 0 aromatic heterocycles. The van der Waals surface area contributed by atoms with E-state index in [2.05, 4.69) is 0 Å². The van der Waals surface area contributed by atoms with Crippen LogP contribution >= 0.6 is 0 Å². The van der Waals surface area contributed by atoms with Gasteiger partial charge >= 0.3 is 24.5 Å². The minimum absolute atomic E-state index is 0.179. The lowest BCUT2D eigenvalue weighted by atomic mass is 10.1. The maximum atomic E-state index is 12.7.